The average Bonchev–Trinajstić information content (AvgIpc) is 2.49. The molecule has 0 spiro atoms. The highest BCUT2D eigenvalue weighted by atomic mass is 32.2. The molecule has 0 unspecified atom stereocenters. The second-order valence-electron chi connectivity index (χ2n) is 5.01. The number of aryl methyl sites for hydroxylation is 1. The first-order valence-electron chi connectivity index (χ1n) is 6.79. The fraction of sp³-hybridized carbons (Fsp3) is 0.200. The van der Waals surface area contributed by atoms with Crippen molar-refractivity contribution in [1.29, 1.82) is 0 Å². The van der Waals surface area contributed by atoms with Gasteiger partial charge in [-0.05, 0) is 49.7 Å². The second-order valence-corrected chi connectivity index (χ2v) is 6.72. The van der Waals surface area contributed by atoms with Gasteiger partial charge in [-0.1, -0.05) is 6.07 Å². The third kappa shape index (κ3) is 4.57. The molecule has 1 aromatic heterocycles. The van der Waals surface area contributed by atoms with Crippen LogP contribution in [0, 0.1) is 12.7 Å². The van der Waals surface area contributed by atoms with Crippen LogP contribution in [0.1, 0.15) is 12.5 Å². The topological polar surface area (TPSA) is 88.2 Å². The Kier molecular flexibility index (Phi) is 5.07. The van der Waals surface area contributed by atoms with Crippen molar-refractivity contribution in [2.45, 2.75) is 24.8 Å². The molecular formula is C15H16FN3O3S. The summed E-state index contributed by atoms with van der Waals surface area (Å²) < 4.78 is 39.3. The number of hydrogen-bond acceptors (Lipinski definition) is 4. The van der Waals surface area contributed by atoms with Crippen molar-refractivity contribution in [1.82, 2.24) is 9.71 Å². The van der Waals surface area contributed by atoms with Crippen molar-refractivity contribution >= 4 is 21.7 Å². The number of nitrogens with zero attached hydrogens (tertiary/aromatic N) is 1. The van der Waals surface area contributed by atoms with Crippen LogP contribution < -0.4 is 10.0 Å². The van der Waals surface area contributed by atoms with E-state index in [4.69, 9.17) is 0 Å². The molecule has 0 saturated carbocycles. The molecular weight excluding hydrogens is 321 g/mol. The number of sulfonamides is 1. The molecule has 1 aromatic carbocycles. The van der Waals surface area contributed by atoms with Gasteiger partial charge in [-0.15, -0.1) is 0 Å². The maximum atomic E-state index is 12.8. The fourth-order valence-corrected chi connectivity index (χ4v) is 2.95. The lowest BCUT2D eigenvalue weighted by Crippen LogP contribution is -2.41. The maximum Gasteiger partial charge on any atom is 0.243 e. The van der Waals surface area contributed by atoms with Crippen LogP contribution in [0.15, 0.2) is 47.5 Å². The van der Waals surface area contributed by atoms with Crippen molar-refractivity contribution < 1.29 is 17.6 Å². The highest BCUT2D eigenvalue weighted by molar-refractivity contribution is 7.89. The minimum absolute atomic E-state index is 0.119. The first-order valence-corrected chi connectivity index (χ1v) is 8.28. The van der Waals surface area contributed by atoms with Crippen LogP contribution in [-0.2, 0) is 14.8 Å². The van der Waals surface area contributed by atoms with E-state index in [9.17, 15) is 17.6 Å². The molecule has 1 heterocycles. The summed E-state index contributed by atoms with van der Waals surface area (Å²) in [6, 6.07) is 6.71. The largest absolute Gasteiger partial charge is 0.309 e. The summed E-state index contributed by atoms with van der Waals surface area (Å²) in [5.74, 6) is -0.763. The molecule has 0 saturated heterocycles. The molecule has 0 fully saturated rings. The van der Waals surface area contributed by atoms with Crippen molar-refractivity contribution in [3.8, 4) is 0 Å². The molecule has 2 N–H and O–H groups in total. The number of hydrogen-bond donors (Lipinski definition) is 2. The van der Waals surface area contributed by atoms with E-state index in [-0.39, 0.29) is 4.90 Å². The fourth-order valence-electron chi connectivity index (χ4n) is 1.74. The number of benzene rings is 1. The van der Waals surface area contributed by atoms with Gasteiger partial charge in [0, 0.05) is 6.20 Å². The second kappa shape index (κ2) is 6.84. The lowest BCUT2D eigenvalue weighted by Gasteiger charge is -2.14. The van der Waals surface area contributed by atoms with Crippen LogP contribution in [0.4, 0.5) is 10.2 Å². The van der Waals surface area contributed by atoms with Crippen LogP contribution in [0.3, 0.4) is 0 Å². The van der Waals surface area contributed by atoms with Gasteiger partial charge in [0.15, 0.2) is 0 Å². The van der Waals surface area contributed by atoms with Gasteiger partial charge >= 0.3 is 0 Å². The molecule has 23 heavy (non-hydrogen) atoms. The number of carbonyl (C=O) groups is 1. The first kappa shape index (κ1) is 17.0. The third-order valence-corrected chi connectivity index (χ3v) is 4.57. The van der Waals surface area contributed by atoms with Gasteiger partial charge in [-0.2, -0.15) is 4.72 Å². The van der Waals surface area contributed by atoms with E-state index < -0.39 is 27.8 Å². The van der Waals surface area contributed by atoms with Gasteiger partial charge in [0.1, 0.15) is 11.6 Å². The number of aromatic nitrogens is 1. The van der Waals surface area contributed by atoms with E-state index in [0.29, 0.717) is 5.82 Å². The quantitative estimate of drug-likeness (QED) is 0.871. The minimum atomic E-state index is -3.92. The molecule has 2 rings (SSSR count). The lowest BCUT2D eigenvalue weighted by molar-refractivity contribution is -0.117. The zero-order chi connectivity index (χ0) is 17.0. The Morgan fingerprint density at radius 1 is 1.17 bits per heavy atom. The van der Waals surface area contributed by atoms with Gasteiger partial charge < -0.3 is 5.32 Å². The number of nitrogens with one attached hydrogen (secondary N) is 2. The number of pyridine rings is 1. The van der Waals surface area contributed by atoms with Crippen LogP contribution in [0.5, 0.6) is 0 Å². The van der Waals surface area contributed by atoms with Crippen molar-refractivity contribution in [2.24, 2.45) is 0 Å². The molecule has 1 atom stereocenters. The van der Waals surface area contributed by atoms with Gasteiger partial charge in [0.05, 0.1) is 10.9 Å². The molecule has 1 amide bonds. The van der Waals surface area contributed by atoms with Gasteiger partial charge in [0.25, 0.3) is 0 Å². The zero-order valence-electron chi connectivity index (χ0n) is 12.6. The summed E-state index contributed by atoms with van der Waals surface area (Å²) >= 11 is 0. The smallest absolute Gasteiger partial charge is 0.243 e. The highest BCUT2D eigenvalue weighted by Crippen LogP contribution is 2.11. The maximum absolute atomic E-state index is 12.8. The molecule has 0 aliphatic heterocycles. The normalized spacial score (nSPS) is 12.7. The first-order chi connectivity index (χ1) is 10.8. The number of amides is 1. The van der Waals surface area contributed by atoms with E-state index in [2.05, 4.69) is 15.0 Å². The van der Waals surface area contributed by atoms with Crippen LogP contribution in [0.25, 0.3) is 0 Å². The van der Waals surface area contributed by atoms with Crippen LogP contribution in [0.2, 0.25) is 0 Å². The van der Waals surface area contributed by atoms with Crippen molar-refractivity contribution in [2.75, 3.05) is 5.32 Å². The Hall–Kier alpha value is -2.32. The molecule has 122 valence electrons. The summed E-state index contributed by atoms with van der Waals surface area (Å²) in [5, 5.41) is 2.52. The third-order valence-electron chi connectivity index (χ3n) is 3.01. The van der Waals surface area contributed by atoms with Crippen molar-refractivity contribution in [3.05, 3.63) is 54.0 Å². The standard InChI is InChI=1S/C15H16FN3O3S/c1-10-3-8-14(17-9-10)18-15(20)11(2)19-23(21,22)13-6-4-12(16)5-7-13/h3-9,11,19H,1-2H3,(H,17,18,20)/t11-/m1/s1. The number of anilines is 1. The Balaban J connectivity index is 2.05. The van der Waals surface area contributed by atoms with E-state index >= 15 is 0 Å². The summed E-state index contributed by atoms with van der Waals surface area (Å²) in [6.07, 6.45) is 1.59. The van der Waals surface area contributed by atoms with Gasteiger partial charge in [0.2, 0.25) is 15.9 Å². The summed E-state index contributed by atoms with van der Waals surface area (Å²) in [4.78, 5) is 15.9. The molecule has 0 bridgehead atoms. The van der Waals surface area contributed by atoms with Gasteiger partial charge in [-0.25, -0.2) is 17.8 Å². The molecule has 0 aliphatic rings. The van der Waals surface area contributed by atoms with Crippen molar-refractivity contribution in [3.63, 3.8) is 0 Å². The molecule has 0 radical (unpaired) electrons. The molecule has 8 heteroatoms. The zero-order valence-corrected chi connectivity index (χ0v) is 13.4. The summed E-state index contributed by atoms with van der Waals surface area (Å²) in [5.41, 5.74) is 0.938. The Bertz CT molecular complexity index is 790. The number of carbonyl (C=O) groups excluding carboxylic acids is 1. The minimum Gasteiger partial charge on any atom is -0.309 e. The predicted molar refractivity (Wildman–Crippen MR) is 83.8 cm³/mol. The van der Waals surface area contributed by atoms with Gasteiger partial charge in [-0.3, -0.25) is 4.79 Å². The Labute approximate surface area is 133 Å². The lowest BCUT2D eigenvalue weighted by atomic mass is 10.3. The van der Waals surface area contributed by atoms with Crippen LogP contribution in [-0.4, -0.2) is 25.4 Å². The Morgan fingerprint density at radius 2 is 1.83 bits per heavy atom. The summed E-state index contributed by atoms with van der Waals surface area (Å²) in [6.45, 7) is 3.27. The molecule has 2 aromatic rings. The van der Waals surface area contributed by atoms with E-state index in [0.717, 1.165) is 29.8 Å². The van der Waals surface area contributed by atoms with E-state index in [1.165, 1.54) is 6.92 Å². The predicted octanol–water partition coefficient (Wildman–Crippen LogP) is 1.83. The Morgan fingerprint density at radius 3 is 2.39 bits per heavy atom. The number of halogens is 1. The molecule has 0 aliphatic carbocycles. The SMILES string of the molecule is Cc1ccc(NC(=O)[C@@H](C)NS(=O)(=O)c2ccc(F)cc2)nc1. The highest BCUT2D eigenvalue weighted by Gasteiger charge is 2.22. The summed E-state index contributed by atoms with van der Waals surface area (Å²) in [7, 11) is -3.92. The molecule has 6 nitrogen and oxygen atoms in total. The monoisotopic (exact) mass is 337 g/mol. The average molecular weight is 337 g/mol. The van der Waals surface area contributed by atoms with Crippen LogP contribution >= 0.6 is 0 Å². The van der Waals surface area contributed by atoms with E-state index in [1.807, 2.05) is 6.92 Å². The number of rotatable bonds is 5. The van der Waals surface area contributed by atoms with E-state index in [1.54, 1.807) is 18.3 Å².